The lowest BCUT2D eigenvalue weighted by atomic mass is 9.86. The van der Waals surface area contributed by atoms with E-state index in [1.54, 1.807) is 24.3 Å². The molecule has 28 heavy (non-hydrogen) atoms. The minimum atomic E-state index is 0.00149. The van der Waals surface area contributed by atoms with Crippen LogP contribution in [0.2, 0.25) is 0 Å². The van der Waals surface area contributed by atoms with Crippen molar-refractivity contribution < 1.29 is 15.0 Å². The number of carbonyl (C=O) groups is 1. The summed E-state index contributed by atoms with van der Waals surface area (Å²) in [6, 6.07) is 6.85. The van der Waals surface area contributed by atoms with Crippen molar-refractivity contribution in [1.82, 2.24) is 0 Å². The van der Waals surface area contributed by atoms with Gasteiger partial charge in [-0.1, -0.05) is 53.4 Å². The summed E-state index contributed by atoms with van der Waals surface area (Å²) in [5.41, 5.74) is 5.13. The molecule has 0 spiro atoms. The van der Waals surface area contributed by atoms with Crippen LogP contribution in [-0.4, -0.2) is 16.0 Å². The minimum absolute atomic E-state index is 0.00149. The fourth-order valence-corrected chi connectivity index (χ4v) is 4.06. The zero-order valence-corrected chi connectivity index (χ0v) is 17.8. The Labute approximate surface area is 169 Å². The first-order chi connectivity index (χ1) is 13.5. The van der Waals surface area contributed by atoms with Crippen LogP contribution in [0.25, 0.3) is 0 Å². The molecule has 0 radical (unpaired) electrons. The average Bonchev–Trinajstić information content (AvgIpc) is 2.67. The zero-order valence-electron chi connectivity index (χ0n) is 17.8. The van der Waals surface area contributed by atoms with Gasteiger partial charge in [0, 0.05) is 11.1 Å². The Hall–Kier alpha value is -2.29. The van der Waals surface area contributed by atoms with Crippen LogP contribution < -0.4 is 0 Å². The lowest BCUT2D eigenvalue weighted by molar-refractivity contribution is 0.103. The van der Waals surface area contributed by atoms with Crippen molar-refractivity contribution in [2.45, 2.75) is 79.1 Å². The van der Waals surface area contributed by atoms with Gasteiger partial charge in [0.2, 0.25) is 0 Å². The second-order valence-electron chi connectivity index (χ2n) is 7.51. The highest BCUT2D eigenvalue weighted by Gasteiger charge is 2.22. The molecule has 2 aromatic carbocycles. The Morgan fingerprint density at radius 1 is 0.607 bits per heavy atom. The number of hydrogen-bond acceptors (Lipinski definition) is 3. The van der Waals surface area contributed by atoms with E-state index in [-0.39, 0.29) is 17.3 Å². The molecule has 0 unspecified atom stereocenters. The third kappa shape index (κ3) is 4.57. The van der Waals surface area contributed by atoms with Gasteiger partial charge in [-0.15, -0.1) is 0 Å². The third-order valence-corrected chi connectivity index (χ3v) is 5.30. The van der Waals surface area contributed by atoms with Gasteiger partial charge in [0.25, 0.3) is 0 Å². The van der Waals surface area contributed by atoms with Gasteiger partial charge in [-0.3, -0.25) is 4.79 Å². The summed E-state index contributed by atoms with van der Waals surface area (Å²) in [7, 11) is 0. The molecule has 2 N–H and O–H groups in total. The summed E-state index contributed by atoms with van der Waals surface area (Å²) in [5, 5.41) is 20.7. The van der Waals surface area contributed by atoms with E-state index in [4.69, 9.17) is 0 Å². The van der Waals surface area contributed by atoms with Gasteiger partial charge in [0.1, 0.15) is 11.5 Å². The average molecular weight is 383 g/mol. The van der Waals surface area contributed by atoms with E-state index in [9.17, 15) is 15.0 Å². The molecular formula is C25H34O3. The van der Waals surface area contributed by atoms with E-state index in [0.29, 0.717) is 11.1 Å². The molecule has 2 aromatic rings. The highest BCUT2D eigenvalue weighted by atomic mass is 16.3. The first-order valence-electron chi connectivity index (χ1n) is 10.7. The summed E-state index contributed by atoms with van der Waals surface area (Å²) in [6.07, 6.45) is 6.74. The van der Waals surface area contributed by atoms with Gasteiger partial charge in [-0.2, -0.15) is 0 Å². The van der Waals surface area contributed by atoms with Crippen molar-refractivity contribution in [1.29, 1.82) is 0 Å². The quantitative estimate of drug-likeness (QED) is 0.485. The predicted molar refractivity (Wildman–Crippen MR) is 116 cm³/mol. The summed E-state index contributed by atoms with van der Waals surface area (Å²) < 4.78 is 0. The monoisotopic (exact) mass is 382 g/mol. The van der Waals surface area contributed by atoms with Gasteiger partial charge in [0.15, 0.2) is 5.78 Å². The normalized spacial score (nSPS) is 11.0. The number of benzene rings is 2. The number of hydrogen-bond donors (Lipinski definition) is 2. The fourth-order valence-electron chi connectivity index (χ4n) is 4.06. The molecule has 0 saturated heterocycles. The van der Waals surface area contributed by atoms with Crippen LogP contribution in [-0.2, 0) is 25.7 Å². The largest absolute Gasteiger partial charge is 0.508 e. The van der Waals surface area contributed by atoms with Crippen molar-refractivity contribution >= 4 is 5.78 Å². The molecule has 152 valence electrons. The molecular weight excluding hydrogens is 348 g/mol. The van der Waals surface area contributed by atoms with Gasteiger partial charge in [0.05, 0.1) is 0 Å². The molecule has 3 heteroatoms. The standard InChI is InChI=1S/C25H34O3/c1-5-9-17-19(11-7-3)23(26)15-13-21(17)25(28)22-14-16-24(27)20(12-8-4)18(22)10-6-2/h13-16,26-27H,5-12H2,1-4H3. The van der Waals surface area contributed by atoms with Crippen molar-refractivity contribution in [3.63, 3.8) is 0 Å². The molecule has 3 nitrogen and oxygen atoms in total. The SMILES string of the molecule is CCCc1c(O)ccc(C(=O)c2ccc(O)c(CCC)c2CCC)c1CCC. The predicted octanol–water partition coefficient (Wildman–Crippen LogP) is 6.14. The first-order valence-corrected chi connectivity index (χ1v) is 10.7. The second kappa shape index (κ2) is 10.3. The van der Waals surface area contributed by atoms with Crippen molar-refractivity contribution in [3.05, 3.63) is 57.6 Å². The highest BCUT2D eigenvalue weighted by Crippen LogP contribution is 2.32. The molecule has 2 rings (SSSR count). The van der Waals surface area contributed by atoms with Gasteiger partial charge >= 0.3 is 0 Å². The number of phenolic OH excluding ortho intramolecular Hbond substituents is 2. The van der Waals surface area contributed by atoms with E-state index in [1.165, 1.54) is 0 Å². The molecule has 0 heterocycles. The van der Waals surface area contributed by atoms with Crippen molar-refractivity contribution in [2.75, 3.05) is 0 Å². The first kappa shape index (κ1) is 22.0. The van der Waals surface area contributed by atoms with Crippen LogP contribution in [0.3, 0.4) is 0 Å². The van der Waals surface area contributed by atoms with Crippen LogP contribution in [0, 0.1) is 0 Å². The molecule has 0 atom stereocenters. The van der Waals surface area contributed by atoms with Crippen molar-refractivity contribution in [2.24, 2.45) is 0 Å². The second-order valence-corrected chi connectivity index (χ2v) is 7.51. The highest BCUT2D eigenvalue weighted by molar-refractivity contribution is 6.11. The lowest BCUT2D eigenvalue weighted by Gasteiger charge is -2.18. The zero-order chi connectivity index (χ0) is 20.7. The number of aromatic hydroxyl groups is 2. The molecule has 0 aliphatic carbocycles. The Morgan fingerprint density at radius 2 is 0.929 bits per heavy atom. The van der Waals surface area contributed by atoms with Crippen LogP contribution in [0.1, 0.15) is 91.6 Å². The third-order valence-electron chi connectivity index (χ3n) is 5.30. The van der Waals surface area contributed by atoms with Crippen LogP contribution >= 0.6 is 0 Å². The Balaban J connectivity index is 2.66. The maximum atomic E-state index is 13.6. The number of ketones is 1. The van der Waals surface area contributed by atoms with E-state index in [1.807, 2.05) is 0 Å². The van der Waals surface area contributed by atoms with Crippen LogP contribution in [0.15, 0.2) is 24.3 Å². The lowest BCUT2D eigenvalue weighted by Crippen LogP contribution is -2.12. The summed E-state index contributed by atoms with van der Waals surface area (Å²) >= 11 is 0. The summed E-state index contributed by atoms with van der Waals surface area (Å²) in [6.45, 7) is 8.35. The number of carbonyl (C=O) groups excluding carboxylic acids is 1. The molecule has 0 saturated carbocycles. The smallest absolute Gasteiger partial charge is 0.193 e. The van der Waals surface area contributed by atoms with E-state index >= 15 is 0 Å². The Morgan fingerprint density at radius 3 is 1.25 bits per heavy atom. The Bertz CT molecular complexity index is 754. The molecule has 0 amide bonds. The van der Waals surface area contributed by atoms with E-state index < -0.39 is 0 Å². The summed E-state index contributed by atoms with van der Waals surface area (Å²) in [5.74, 6) is 0.572. The minimum Gasteiger partial charge on any atom is -0.508 e. The van der Waals surface area contributed by atoms with E-state index in [0.717, 1.165) is 73.6 Å². The maximum Gasteiger partial charge on any atom is 0.193 e. The number of phenols is 2. The van der Waals surface area contributed by atoms with Crippen molar-refractivity contribution in [3.8, 4) is 11.5 Å². The van der Waals surface area contributed by atoms with E-state index in [2.05, 4.69) is 27.7 Å². The van der Waals surface area contributed by atoms with Gasteiger partial charge in [-0.25, -0.2) is 0 Å². The molecule has 0 aromatic heterocycles. The van der Waals surface area contributed by atoms with Crippen LogP contribution in [0.5, 0.6) is 11.5 Å². The van der Waals surface area contributed by atoms with Crippen LogP contribution in [0.4, 0.5) is 0 Å². The molecule has 0 fully saturated rings. The van der Waals surface area contributed by atoms with Gasteiger partial charge < -0.3 is 10.2 Å². The summed E-state index contributed by atoms with van der Waals surface area (Å²) in [4.78, 5) is 13.6. The van der Waals surface area contributed by atoms with Gasteiger partial charge in [-0.05, 0) is 72.2 Å². The fraction of sp³-hybridized carbons (Fsp3) is 0.480. The molecule has 0 aliphatic heterocycles. The Kier molecular flexibility index (Phi) is 8.10. The molecule has 0 bridgehead atoms. The maximum absolute atomic E-state index is 13.6. The topological polar surface area (TPSA) is 57.5 Å². The number of rotatable bonds is 10. The molecule has 0 aliphatic rings.